The highest BCUT2D eigenvalue weighted by Gasteiger charge is 2.50. The molecule has 2 aromatic carbocycles. The van der Waals surface area contributed by atoms with Crippen LogP contribution in [0.3, 0.4) is 0 Å². The van der Waals surface area contributed by atoms with Gasteiger partial charge in [0, 0.05) is 34.0 Å². The number of rotatable bonds is 7. The molecule has 0 bridgehead atoms. The fourth-order valence-electron chi connectivity index (χ4n) is 3.21. The Bertz CT molecular complexity index is 1200. The summed E-state index contributed by atoms with van der Waals surface area (Å²) in [6.07, 6.45) is -0.495. The monoisotopic (exact) mass is 442 g/mol. The summed E-state index contributed by atoms with van der Waals surface area (Å²) in [4.78, 5) is 52.8. The zero-order valence-electron chi connectivity index (χ0n) is 16.5. The smallest absolute Gasteiger partial charge is 0.344 e. The molecule has 0 aliphatic carbocycles. The Morgan fingerprint density at radius 1 is 1.13 bits per heavy atom. The molecule has 3 N–H and O–H groups in total. The Labute approximate surface area is 181 Å². The average molecular weight is 443 g/mol. The molecule has 1 atom stereocenters. The number of aromatic nitrogens is 1. The quantitative estimate of drug-likeness (QED) is 0.381. The molecule has 0 saturated carbocycles. The second-order valence-corrected chi connectivity index (χ2v) is 7.21. The number of nitrogens with one attached hydrogen (secondary N) is 2. The maximum Gasteiger partial charge on any atom is 0.344 e. The first-order valence-corrected chi connectivity index (χ1v) is 9.74. The van der Waals surface area contributed by atoms with E-state index >= 15 is 0 Å². The molecule has 8 nitrogen and oxygen atoms in total. The zero-order chi connectivity index (χ0) is 22.6. The number of aliphatic carboxylic acids is 1. The second kappa shape index (κ2) is 9.01. The molecule has 0 aliphatic rings. The number of ether oxygens (including phenoxy) is 1. The van der Waals surface area contributed by atoms with E-state index in [1.54, 1.807) is 24.3 Å². The number of carbonyl (C=O) groups is 3. The van der Waals surface area contributed by atoms with Crippen LogP contribution in [0.2, 0.25) is 5.02 Å². The van der Waals surface area contributed by atoms with Crippen molar-refractivity contribution in [3.05, 3.63) is 81.1 Å². The van der Waals surface area contributed by atoms with Crippen LogP contribution in [0.15, 0.2) is 59.4 Å². The highest BCUT2D eigenvalue weighted by atomic mass is 35.5. The lowest BCUT2D eigenvalue weighted by Crippen LogP contribution is -2.62. The van der Waals surface area contributed by atoms with Crippen molar-refractivity contribution < 1.29 is 24.2 Å². The van der Waals surface area contributed by atoms with Gasteiger partial charge in [-0.3, -0.25) is 9.59 Å². The van der Waals surface area contributed by atoms with Crippen molar-refractivity contribution in [1.82, 2.24) is 10.3 Å². The van der Waals surface area contributed by atoms with Gasteiger partial charge in [0.15, 0.2) is 0 Å². The van der Waals surface area contributed by atoms with Crippen molar-refractivity contribution in [2.75, 3.05) is 6.61 Å². The zero-order valence-corrected chi connectivity index (χ0v) is 17.2. The number of para-hydroxylation sites is 1. The van der Waals surface area contributed by atoms with E-state index in [0.717, 1.165) is 0 Å². The fraction of sp³-hybridized carbons (Fsp3) is 0.182. The Morgan fingerprint density at radius 3 is 2.45 bits per heavy atom. The van der Waals surface area contributed by atoms with Gasteiger partial charge in [0.25, 0.3) is 5.91 Å². The molecule has 0 radical (unpaired) electrons. The van der Waals surface area contributed by atoms with Crippen molar-refractivity contribution in [1.29, 1.82) is 0 Å². The first kappa shape index (κ1) is 22.0. The minimum absolute atomic E-state index is 0.0964. The van der Waals surface area contributed by atoms with Crippen molar-refractivity contribution in [2.24, 2.45) is 0 Å². The molecular formula is C22H19ClN2O6. The summed E-state index contributed by atoms with van der Waals surface area (Å²) in [5.41, 5.74) is -2.08. The lowest BCUT2D eigenvalue weighted by atomic mass is 9.88. The predicted molar refractivity (Wildman–Crippen MR) is 114 cm³/mol. The molecule has 0 aliphatic heterocycles. The molecule has 9 heteroatoms. The van der Waals surface area contributed by atoms with Gasteiger partial charge in [-0.05, 0) is 42.8 Å². The minimum Gasteiger partial charge on any atom is -0.479 e. The third-order valence-corrected chi connectivity index (χ3v) is 4.97. The Morgan fingerprint density at radius 2 is 1.81 bits per heavy atom. The molecule has 0 fully saturated rings. The number of aromatic amines is 1. The van der Waals surface area contributed by atoms with E-state index < -0.39 is 35.4 Å². The normalized spacial score (nSPS) is 12.7. The van der Waals surface area contributed by atoms with Gasteiger partial charge in [-0.15, -0.1) is 0 Å². The summed E-state index contributed by atoms with van der Waals surface area (Å²) in [6.45, 7) is 1.43. The lowest BCUT2D eigenvalue weighted by Gasteiger charge is -2.28. The first-order chi connectivity index (χ1) is 14.8. The topological polar surface area (TPSA) is 126 Å². The summed E-state index contributed by atoms with van der Waals surface area (Å²) in [5.74, 6) is -3.56. The van der Waals surface area contributed by atoms with Gasteiger partial charge in [0.2, 0.25) is 11.1 Å². The largest absolute Gasteiger partial charge is 0.479 e. The van der Waals surface area contributed by atoms with E-state index in [0.29, 0.717) is 15.9 Å². The summed E-state index contributed by atoms with van der Waals surface area (Å²) in [5, 5.41) is 13.3. The van der Waals surface area contributed by atoms with Gasteiger partial charge in [0.05, 0.1) is 6.61 Å². The van der Waals surface area contributed by atoms with Crippen molar-refractivity contribution in [3.8, 4) is 0 Å². The lowest BCUT2D eigenvalue weighted by molar-refractivity contribution is -0.162. The first-order valence-electron chi connectivity index (χ1n) is 9.36. The predicted octanol–water partition coefficient (Wildman–Crippen LogP) is 2.54. The number of carboxylic acids is 1. The van der Waals surface area contributed by atoms with E-state index in [1.165, 1.54) is 37.3 Å². The van der Waals surface area contributed by atoms with Crippen molar-refractivity contribution >= 4 is 40.3 Å². The Hall–Kier alpha value is -3.65. The number of hydrogen-bond acceptors (Lipinski definition) is 5. The van der Waals surface area contributed by atoms with Crippen LogP contribution in [0.5, 0.6) is 0 Å². The standard InChI is InChI=1S/C22H19ClN2O6/c1-2-31-21(30)22(20(28)29,25-19(27)13-7-9-15(23)10-8-13)12-14-11-18(26)24-17-6-4-3-5-16(14)17/h3-11H,2,12H2,1H3,(H,24,26)(H,25,27)(H,28,29). The third kappa shape index (κ3) is 4.59. The molecule has 0 saturated heterocycles. The summed E-state index contributed by atoms with van der Waals surface area (Å²) in [6, 6.07) is 13.7. The number of carbonyl (C=O) groups excluding carboxylic acids is 2. The third-order valence-electron chi connectivity index (χ3n) is 4.71. The average Bonchev–Trinajstić information content (AvgIpc) is 2.73. The number of pyridine rings is 1. The number of esters is 1. The number of fused-ring (bicyclic) bond motifs is 1. The van der Waals surface area contributed by atoms with E-state index in [2.05, 4.69) is 10.3 Å². The maximum atomic E-state index is 12.8. The van der Waals surface area contributed by atoms with Crippen LogP contribution in [0.25, 0.3) is 10.9 Å². The number of benzene rings is 2. The molecule has 1 heterocycles. The number of hydrogen-bond donors (Lipinski definition) is 3. The maximum absolute atomic E-state index is 12.8. The fourth-order valence-corrected chi connectivity index (χ4v) is 3.34. The van der Waals surface area contributed by atoms with Gasteiger partial charge in [0.1, 0.15) is 0 Å². The molecule has 3 aromatic rings. The summed E-state index contributed by atoms with van der Waals surface area (Å²) >= 11 is 5.84. The highest BCUT2D eigenvalue weighted by molar-refractivity contribution is 6.30. The van der Waals surface area contributed by atoms with E-state index in [4.69, 9.17) is 16.3 Å². The van der Waals surface area contributed by atoms with Crippen LogP contribution in [0.4, 0.5) is 0 Å². The van der Waals surface area contributed by atoms with Crippen LogP contribution >= 0.6 is 11.6 Å². The van der Waals surface area contributed by atoms with E-state index in [1.807, 2.05) is 0 Å². The van der Waals surface area contributed by atoms with Gasteiger partial charge < -0.3 is 20.1 Å². The SMILES string of the molecule is CCOC(=O)C(Cc1cc(=O)[nH]c2ccccc12)(NC(=O)c1ccc(Cl)cc1)C(=O)O. The molecule has 3 rings (SSSR count). The molecule has 0 spiro atoms. The number of halogens is 1. The number of amides is 1. The van der Waals surface area contributed by atoms with E-state index in [-0.39, 0.29) is 17.7 Å². The molecule has 1 unspecified atom stereocenters. The van der Waals surface area contributed by atoms with Gasteiger partial charge in [-0.2, -0.15) is 0 Å². The van der Waals surface area contributed by atoms with Gasteiger partial charge >= 0.3 is 11.9 Å². The van der Waals surface area contributed by atoms with Crippen molar-refractivity contribution in [2.45, 2.75) is 18.9 Å². The van der Waals surface area contributed by atoms with Crippen molar-refractivity contribution in [3.63, 3.8) is 0 Å². The molecule has 1 amide bonds. The molecular weight excluding hydrogens is 424 g/mol. The van der Waals surface area contributed by atoms with E-state index in [9.17, 15) is 24.3 Å². The van der Waals surface area contributed by atoms with Gasteiger partial charge in [-0.1, -0.05) is 29.8 Å². The molecule has 1 aromatic heterocycles. The summed E-state index contributed by atoms with van der Waals surface area (Å²) < 4.78 is 5.00. The van der Waals surface area contributed by atoms with Crippen LogP contribution in [-0.2, 0) is 20.7 Å². The Balaban J connectivity index is 2.11. The van der Waals surface area contributed by atoms with Crippen LogP contribution in [0.1, 0.15) is 22.8 Å². The highest BCUT2D eigenvalue weighted by Crippen LogP contribution is 2.23. The van der Waals surface area contributed by atoms with Gasteiger partial charge in [-0.25, -0.2) is 9.59 Å². The molecule has 31 heavy (non-hydrogen) atoms. The number of carboxylic acid groups (broad SMARTS) is 1. The molecule has 160 valence electrons. The van der Waals surface area contributed by atoms with Crippen LogP contribution in [0, 0.1) is 0 Å². The second-order valence-electron chi connectivity index (χ2n) is 6.77. The summed E-state index contributed by atoms with van der Waals surface area (Å²) in [7, 11) is 0. The minimum atomic E-state index is -2.46. The Kier molecular flexibility index (Phi) is 6.41. The number of H-pyrrole nitrogens is 1. The van der Waals surface area contributed by atoms with Crippen LogP contribution in [-0.4, -0.2) is 40.1 Å². The van der Waals surface area contributed by atoms with Crippen LogP contribution < -0.4 is 10.9 Å².